The second-order valence-electron chi connectivity index (χ2n) is 9.77. The summed E-state index contributed by atoms with van der Waals surface area (Å²) in [6.07, 6.45) is 3.72. The minimum atomic E-state index is -0.580. The van der Waals surface area contributed by atoms with Crippen LogP contribution in [0.25, 0.3) is 22.4 Å². The smallest absolute Gasteiger partial charge is 0.274 e. The lowest BCUT2D eigenvalue weighted by Gasteiger charge is -2.28. The van der Waals surface area contributed by atoms with Crippen molar-refractivity contribution in [2.24, 2.45) is 5.73 Å². The Hall–Kier alpha value is -5.05. The number of carbonyl (C=O) groups excluding carboxylic acids is 1. The van der Waals surface area contributed by atoms with Crippen molar-refractivity contribution in [3.05, 3.63) is 84.1 Å². The van der Waals surface area contributed by atoms with Gasteiger partial charge in [0.25, 0.3) is 5.91 Å². The van der Waals surface area contributed by atoms with Crippen LogP contribution in [-0.4, -0.2) is 60.4 Å². The van der Waals surface area contributed by atoms with Crippen LogP contribution < -0.4 is 25.4 Å². The van der Waals surface area contributed by atoms with Crippen LogP contribution in [0, 0.1) is 17.1 Å². The molecule has 0 spiro atoms. The SMILES string of the molecule is COc1ccc(C(=O)Nc2ccc(-c3cnccc3C#N)cc2N2CC(N)CC2CO)nc1-c1c(F)cccc1OC. The van der Waals surface area contributed by atoms with E-state index in [-0.39, 0.29) is 47.1 Å². The number of halogens is 1. The molecule has 0 radical (unpaired) electrons. The van der Waals surface area contributed by atoms with E-state index < -0.39 is 11.7 Å². The van der Waals surface area contributed by atoms with Crippen molar-refractivity contribution in [1.82, 2.24) is 9.97 Å². The second-order valence-corrected chi connectivity index (χ2v) is 9.77. The lowest BCUT2D eigenvalue weighted by atomic mass is 10.0. The molecule has 4 N–H and O–H groups in total. The quantitative estimate of drug-likeness (QED) is 0.287. The molecule has 11 heteroatoms. The van der Waals surface area contributed by atoms with E-state index in [0.29, 0.717) is 41.0 Å². The molecule has 10 nitrogen and oxygen atoms in total. The van der Waals surface area contributed by atoms with E-state index in [1.54, 1.807) is 42.7 Å². The predicted octanol–water partition coefficient (Wildman–Crippen LogP) is 3.99. The molecule has 1 aliphatic heterocycles. The topological polar surface area (TPSA) is 147 Å². The summed E-state index contributed by atoms with van der Waals surface area (Å²) in [5.74, 6) is -0.625. The monoisotopic (exact) mass is 568 g/mol. The Balaban J connectivity index is 1.56. The van der Waals surface area contributed by atoms with E-state index in [9.17, 15) is 19.6 Å². The van der Waals surface area contributed by atoms with Gasteiger partial charge in [0, 0.05) is 30.5 Å². The molecule has 2 unspecified atom stereocenters. The van der Waals surface area contributed by atoms with Crippen LogP contribution in [0.1, 0.15) is 22.5 Å². The Bertz CT molecular complexity index is 1670. The van der Waals surface area contributed by atoms with Crippen LogP contribution >= 0.6 is 0 Å². The first-order valence-electron chi connectivity index (χ1n) is 13.2. The van der Waals surface area contributed by atoms with Gasteiger partial charge in [-0.2, -0.15) is 5.26 Å². The second kappa shape index (κ2) is 12.2. The van der Waals surface area contributed by atoms with Crippen molar-refractivity contribution < 1.29 is 23.8 Å². The number of hydrogen-bond acceptors (Lipinski definition) is 9. The summed E-state index contributed by atoms with van der Waals surface area (Å²) in [6.45, 7) is 0.323. The van der Waals surface area contributed by atoms with Crippen LogP contribution in [0.2, 0.25) is 0 Å². The van der Waals surface area contributed by atoms with E-state index in [1.165, 1.54) is 32.4 Å². The Kier molecular flexibility index (Phi) is 8.28. The molecular formula is C31H29FN6O4. The minimum absolute atomic E-state index is 0.0157. The van der Waals surface area contributed by atoms with Gasteiger partial charge in [-0.05, 0) is 54.4 Å². The molecule has 0 bridgehead atoms. The maximum Gasteiger partial charge on any atom is 0.274 e. The molecule has 42 heavy (non-hydrogen) atoms. The Morgan fingerprint density at radius 2 is 2.00 bits per heavy atom. The van der Waals surface area contributed by atoms with Crippen LogP contribution in [0.5, 0.6) is 11.5 Å². The summed E-state index contributed by atoms with van der Waals surface area (Å²) < 4.78 is 25.7. The number of hydrogen-bond donors (Lipinski definition) is 3. The zero-order chi connectivity index (χ0) is 29.8. The van der Waals surface area contributed by atoms with Gasteiger partial charge in [-0.15, -0.1) is 0 Å². The van der Waals surface area contributed by atoms with Crippen LogP contribution in [-0.2, 0) is 0 Å². The molecule has 1 fully saturated rings. The third-order valence-corrected chi connectivity index (χ3v) is 7.21. The number of anilines is 2. The fraction of sp³-hybridized carbons (Fsp3) is 0.226. The van der Waals surface area contributed by atoms with Crippen LogP contribution in [0.4, 0.5) is 15.8 Å². The number of nitriles is 1. The van der Waals surface area contributed by atoms with E-state index in [0.717, 1.165) is 0 Å². The molecule has 5 rings (SSSR count). The third-order valence-electron chi connectivity index (χ3n) is 7.21. The van der Waals surface area contributed by atoms with Crippen molar-refractivity contribution in [3.8, 4) is 40.0 Å². The van der Waals surface area contributed by atoms with Gasteiger partial charge < -0.3 is 30.5 Å². The largest absolute Gasteiger partial charge is 0.496 e. The third kappa shape index (κ3) is 5.45. The maximum absolute atomic E-state index is 14.9. The lowest BCUT2D eigenvalue weighted by Crippen LogP contribution is -2.33. The molecular weight excluding hydrogens is 539 g/mol. The lowest BCUT2D eigenvalue weighted by molar-refractivity contribution is 0.102. The van der Waals surface area contributed by atoms with Crippen molar-refractivity contribution >= 4 is 17.3 Å². The summed E-state index contributed by atoms with van der Waals surface area (Å²) in [5.41, 5.74) is 9.29. The number of rotatable bonds is 8. The molecule has 1 aliphatic rings. The number of pyridine rings is 2. The zero-order valence-electron chi connectivity index (χ0n) is 23.0. The highest BCUT2D eigenvalue weighted by molar-refractivity contribution is 6.05. The van der Waals surface area contributed by atoms with Gasteiger partial charge in [-0.25, -0.2) is 9.37 Å². The van der Waals surface area contributed by atoms with Gasteiger partial charge in [0.05, 0.1) is 55.4 Å². The first kappa shape index (κ1) is 28.5. The summed E-state index contributed by atoms with van der Waals surface area (Å²) in [7, 11) is 2.85. The first-order valence-corrected chi connectivity index (χ1v) is 13.2. The molecule has 0 saturated carbocycles. The molecule has 1 saturated heterocycles. The van der Waals surface area contributed by atoms with E-state index in [4.69, 9.17) is 15.2 Å². The number of nitrogens with two attached hydrogens (primary N) is 1. The van der Waals surface area contributed by atoms with Gasteiger partial charge in [0.15, 0.2) is 0 Å². The first-order chi connectivity index (χ1) is 20.4. The molecule has 3 heterocycles. The highest BCUT2D eigenvalue weighted by Crippen LogP contribution is 2.39. The Labute approximate surface area is 242 Å². The summed E-state index contributed by atoms with van der Waals surface area (Å²) in [6, 6.07) is 16.1. The van der Waals surface area contributed by atoms with Gasteiger partial charge in [-0.3, -0.25) is 9.78 Å². The number of carbonyl (C=O) groups is 1. The van der Waals surface area contributed by atoms with Crippen molar-refractivity contribution in [2.45, 2.75) is 18.5 Å². The standard InChI is InChI=1S/C31H29FN6O4/c1-41-27-5-3-4-23(32)29(27)30-28(42-2)9-8-25(36-30)31(40)37-24-7-6-18(22-15-35-11-10-19(22)14-33)12-26(24)38-16-20(34)13-21(38)17-39/h3-12,15,20-21,39H,13,16-17,34H2,1-2H3,(H,37,40). The summed E-state index contributed by atoms with van der Waals surface area (Å²) in [5, 5.41) is 22.6. The van der Waals surface area contributed by atoms with Gasteiger partial charge in [0.1, 0.15) is 28.7 Å². The molecule has 2 aromatic carbocycles. The number of benzene rings is 2. The molecule has 1 amide bonds. The number of aromatic nitrogens is 2. The number of aliphatic hydroxyl groups excluding tert-OH is 1. The Morgan fingerprint density at radius 3 is 2.74 bits per heavy atom. The van der Waals surface area contributed by atoms with Crippen LogP contribution in [0.3, 0.4) is 0 Å². The molecule has 0 aliphatic carbocycles. The van der Waals surface area contributed by atoms with Crippen LogP contribution in [0.15, 0.2) is 67.0 Å². The number of nitrogens with one attached hydrogen (secondary N) is 1. The van der Waals surface area contributed by atoms with E-state index >= 15 is 0 Å². The number of ether oxygens (including phenoxy) is 2. The highest BCUT2D eigenvalue weighted by atomic mass is 19.1. The van der Waals surface area contributed by atoms with Gasteiger partial charge >= 0.3 is 0 Å². The minimum Gasteiger partial charge on any atom is -0.496 e. The zero-order valence-corrected chi connectivity index (χ0v) is 23.0. The van der Waals surface area contributed by atoms with Crippen molar-refractivity contribution in [1.29, 1.82) is 5.26 Å². The molecule has 4 aromatic rings. The fourth-order valence-electron chi connectivity index (χ4n) is 5.19. The van der Waals surface area contributed by atoms with Crippen molar-refractivity contribution in [3.63, 3.8) is 0 Å². The summed E-state index contributed by atoms with van der Waals surface area (Å²) in [4.78, 5) is 24.2. The number of methoxy groups -OCH3 is 2. The van der Waals surface area contributed by atoms with E-state index in [1.807, 2.05) is 11.0 Å². The normalized spacial score (nSPS) is 16.1. The average molecular weight is 569 g/mol. The highest BCUT2D eigenvalue weighted by Gasteiger charge is 2.32. The maximum atomic E-state index is 14.9. The average Bonchev–Trinajstić information content (AvgIpc) is 3.41. The fourth-order valence-corrected chi connectivity index (χ4v) is 5.19. The predicted molar refractivity (Wildman–Crippen MR) is 156 cm³/mol. The van der Waals surface area contributed by atoms with Gasteiger partial charge in [0.2, 0.25) is 0 Å². The number of nitrogens with zero attached hydrogens (tertiary/aromatic N) is 4. The number of aliphatic hydroxyl groups is 1. The summed E-state index contributed by atoms with van der Waals surface area (Å²) >= 11 is 0. The molecule has 214 valence electrons. The molecule has 2 atom stereocenters. The van der Waals surface area contributed by atoms with Gasteiger partial charge in [-0.1, -0.05) is 12.1 Å². The van der Waals surface area contributed by atoms with Crippen molar-refractivity contribution in [2.75, 3.05) is 37.6 Å². The molecule has 2 aromatic heterocycles. The Morgan fingerprint density at radius 1 is 1.19 bits per heavy atom. The van der Waals surface area contributed by atoms with E-state index in [2.05, 4.69) is 21.4 Å². The number of amides is 1.